The Bertz CT molecular complexity index is 933. The SMILES string of the molecule is CC(=O)/C=C(/C)O.COc1ccc2nc(-c3[c-]cccc3)cc(C)c2c1.[Ir]. The molecule has 0 saturated heterocycles. The number of aliphatic hydroxyl groups is 1. The van der Waals surface area contributed by atoms with Gasteiger partial charge in [-0.3, -0.25) is 9.78 Å². The van der Waals surface area contributed by atoms with Crippen LogP contribution >= 0.6 is 0 Å². The zero-order valence-corrected chi connectivity index (χ0v) is 18.1. The molecule has 0 fully saturated rings. The fourth-order valence-corrected chi connectivity index (χ4v) is 2.49. The molecule has 1 N–H and O–H groups in total. The Morgan fingerprint density at radius 3 is 2.44 bits per heavy atom. The summed E-state index contributed by atoms with van der Waals surface area (Å²) < 4.78 is 5.26. The van der Waals surface area contributed by atoms with Crippen molar-refractivity contribution in [3.05, 3.63) is 72.0 Å². The van der Waals surface area contributed by atoms with Crippen molar-refractivity contribution in [2.75, 3.05) is 7.11 Å². The standard InChI is InChI=1S/C17H14NO.C5H8O2.Ir/c1-12-10-17(13-6-4-3-5-7-13)18-16-9-8-14(19-2)11-15(12)16;1-4(6)3-5(2)7;/h3-6,8-11H,1-2H3;3,6H,1-2H3;/q-1;;/b;4-3-;. The molecule has 0 unspecified atom stereocenters. The van der Waals surface area contributed by atoms with Gasteiger partial charge in [-0.1, -0.05) is 6.07 Å². The van der Waals surface area contributed by atoms with Gasteiger partial charge in [0, 0.05) is 31.6 Å². The summed E-state index contributed by atoms with van der Waals surface area (Å²) in [5.41, 5.74) is 4.14. The molecule has 143 valence electrons. The number of benzene rings is 2. The molecule has 1 aromatic heterocycles. The molecule has 3 aromatic rings. The van der Waals surface area contributed by atoms with Crippen LogP contribution in [0.1, 0.15) is 19.4 Å². The number of ether oxygens (including phenoxy) is 1. The van der Waals surface area contributed by atoms with Crippen LogP contribution in [-0.2, 0) is 24.9 Å². The first kappa shape index (κ1) is 22.6. The van der Waals surface area contributed by atoms with Gasteiger partial charge < -0.3 is 9.84 Å². The Hall–Kier alpha value is -2.49. The van der Waals surface area contributed by atoms with E-state index >= 15 is 0 Å². The van der Waals surface area contributed by atoms with Gasteiger partial charge in [-0.2, -0.15) is 0 Å². The summed E-state index contributed by atoms with van der Waals surface area (Å²) in [5.74, 6) is 0.795. The number of hydrogen-bond donors (Lipinski definition) is 1. The van der Waals surface area contributed by atoms with Crippen molar-refractivity contribution >= 4 is 16.7 Å². The van der Waals surface area contributed by atoms with Crippen molar-refractivity contribution in [1.29, 1.82) is 0 Å². The number of fused-ring (bicyclic) bond motifs is 1. The maximum absolute atomic E-state index is 10.0. The molecule has 2 aromatic carbocycles. The molecule has 0 aliphatic heterocycles. The van der Waals surface area contributed by atoms with Crippen molar-refractivity contribution in [3.8, 4) is 17.0 Å². The zero-order chi connectivity index (χ0) is 19.1. The molecular weight excluding hydrogens is 518 g/mol. The number of allylic oxidation sites excluding steroid dienone is 2. The number of aryl methyl sites for hydroxylation is 1. The molecule has 0 saturated carbocycles. The van der Waals surface area contributed by atoms with Crippen LogP contribution in [0.5, 0.6) is 5.75 Å². The van der Waals surface area contributed by atoms with Crippen molar-refractivity contribution < 1.29 is 34.7 Å². The fourth-order valence-electron chi connectivity index (χ4n) is 2.49. The van der Waals surface area contributed by atoms with Crippen LogP contribution in [0.15, 0.2) is 60.4 Å². The first-order valence-corrected chi connectivity index (χ1v) is 8.21. The van der Waals surface area contributed by atoms with Gasteiger partial charge in [0.15, 0.2) is 5.78 Å². The zero-order valence-electron chi connectivity index (χ0n) is 15.7. The number of hydrogen-bond acceptors (Lipinski definition) is 4. The molecule has 0 spiro atoms. The number of ketones is 1. The number of aliphatic hydroxyl groups excluding tert-OH is 1. The summed E-state index contributed by atoms with van der Waals surface area (Å²) >= 11 is 0. The third kappa shape index (κ3) is 6.63. The molecule has 0 bridgehead atoms. The quantitative estimate of drug-likeness (QED) is 0.287. The Kier molecular flexibility index (Phi) is 8.86. The Morgan fingerprint density at radius 2 is 1.93 bits per heavy atom. The van der Waals surface area contributed by atoms with E-state index in [1.807, 2.05) is 42.5 Å². The predicted molar refractivity (Wildman–Crippen MR) is 104 cm³/mol. The summed E-state index contributed by atoms with van der Waals surface area (Å²) in [5, 5.41) is 9.49. The second kappa shape index (κ2) is 10.6. The van der Waals surface area contributed by atoms with Gasteiger partial charge in [0.25, 0.3) is 0 Å². The predicted octanol–water partition coefficient (Wildman–Crippen LogP) is 5.05. The van der Waals surface area contributed by atoms with Crippen LogP contribution in [-0.4, -0.2) is 23.0 Å². The van der Waals surface area contributed by atoms with E-state index in [-0.39, 0.29) is 31.6 Å². The fraction of sp³-hybridized carbons (Fsp3) is 0.182. The Morgan fingerprint density at radius 1 is 1.19 bits per heavy atom. The van der Waals surface area contributed by atoms with Gasteiger partial charge in [0.2, 0.25) is 0 Å². The summed E-state index contributed by atoms with van der Waals surface area (Å²) in [6, 6.07) is 19.2. The van der Waals surface area contributed by atoms with Crippen LogP contribution < -0.4 is 4.74 Å². The third-order valence-electron chi connectivity index (χ3n) is 3.62. The topological polar surface area (TPSA) is 59.4 Å². The van der Waals surface area contributed by atoms with Crippen molar-refractivity contribution in [3.63, 3.8) is 0 Å². The van der Waals surface area contributed by atoms with E-state index in [0.29, 0.717) is 0 Å². The number of nitrogens with zero attached hydrogens (tertiary/aromatic N) is 1. The van der Waals surface area contributed by atoms with Gasteiger partial charge in [0.1, 0.15) is 5.75 Å². The average Bonchev–Trinajstić information content (AvgIpc) is 2.61. The minimum Gasteiger partial charge on any atom is -0.512 e. The summed E-state index contributed by atoms with van der Waals surface area (Å²) in [4.78, 5) is 14.7. The number of carbonyl (C=O) groups is 1. The minimum atomic E-state index is -0.125. The largest absolute Gasteiger partial charge is 0.512 e. The first-order chi connectivity index (χ1) is 12.4. The van der Waals surface area contributed by atoms with Crippen LogP contribution in [0.4, 0.5) is 0 Å². The summed E-state index contributed by atoms with van der Waals surface area (Å²) in [6.07, 6.45) is 1.17. The van der Waals surface area contributed by atoms with E-state index in [0.717, 1.165) is 27.9 Å². The van der Waals surface area contributed by atoms with Gasteiger partial charge in [-0.25, -0.2) is 0 Å². The number of methoxy groups -OCH3 is 1. The molecule has 4 nitrogen and oxygen atoms in total. The van der Waals surface area contributed by atoms with Crippen molar-refractivity contribution in [2.45, 2.75) is 20.8 Å². The van der Waals surface area contributed by atoms with E-state index in [1.54, 1.807) is 7.11 Å². The molecule has 1 heterocycles. The van der Waals surface area contributed by atoms with E-state index < -0.39 is 0 Å². The molecule has 1 radical (unpaired) electrons. The van der Waals surface area contributed by atoms with Crippen molar-refractivity contribution in [2.24, 2.45) is 0 Å². The normalized spacial score (nSPS) is 10.4. The molecule has 3 rings (SSSR count). The monoisotopic (exact) mass is 541 g/mol. The van der Waals surface area contributed by atoms with Gasteiger partial charge >= 0.3 is 0 Å². The molecule has 0 aliphatic carbocycles. The van der Waals surface area contributed by atoms with Gasteiger partial charge in [-0.15, -0.1) is 35.9 Å². The smallest absolute Gasteiger partial charge is 0.155 e. The Balaban J connectivity index is 0.000000395. The molecular formula is C22H22IrNO3-. The maximum atomic E-state index is 10.0. The van der Waals surface area contributed by atoms with Crippen LogP contribution in [0.2, 0.25) is 0 Å². The minimum absolute atomic E-state index is 0. The summed E-state index contributed by atoms with van der Waals surface area (Å²) in [6.45, 7) is 4.94. The Labute approximate surface area is 173 Å². The number of rotatable bonds is 3. The second-order valence-corrected chi connectivity index (χ2v) is 5.88. The van der Waals surface area contributed by atoms with Crippen LogP contribution in [0, 0.1) is 13.0 Å². The van der Waals surface area contributed by atoms with Gasteiger partial charge in [-0.05, 0) is 50.2 Å². The third-order valence-corrected chi connectivity index (χ3v) is 3.62. The molecule has 5 heteroatoms. The van der Waals surface area contributed by atoms with E-state index in [9.17, 15) is 4.79 Å². The van der Waals surface area contributed by atoms with E-state index in [1.165, 1.54) is 25.5 Å². The van der Waals surface area contributed by atoms with E-state index in [4.69, 9.17) is 14.8 Å². The van der Waals surface area contributed by atoms with Crippen LogP contribution in [0.3, 0.4) is 0 Å². The molecule has 0 atom stereocenters. The molecule has 27 heavy (non-hydrogen) atoms. The molecule has 0 amide bonds. The van der Waals surface area contributed by atoms with E-state index in [2.05, 4.69) is 19.1 Å². The maximum Gasteiger partial charge on any atom is 0.155 e. The second-order valence-electron chi connectivity index (χ2n) is 5.88. The number of carbonyl (C=O) groups excluding carboxylic acids is 1. The van der Waals surface area contributed by atoms with Gasteiger partial charge in [0.05, 0.1) is 18.4 Å². The van der Waals surface area contributed by atoms with Crippen molar-refractivity contribution in [1.82, 2.24) is 4.98 Å². The number of pyridine rings is 1. The summed E-state index contributed by atoms with van der Waals surface area (Å²) in [7, 11) is 1.68. The number of aromatic nitrogens is 1. The molecule has 0 aliphatic rings. The first-order valence-electron chi connectivity index (χ1n) is 8.21. The average molecular weight is 541 g/mol. The van der Waals surface area contributed by atoms with Crippen LogP contribution in [0.25, 0.3) is 22.2 Å².